The van der Waals surface area contributed by atoms with Crippen molar-refractivity contribution in [3.05, 3.63) is 54.1 Å². The fourth-order valence-electron chi connectivity index (χ4n) is 4.35. The van der Waals surface area contributed by atoms with Crippen LogP contribution in [0.4, 0.5) is 14.5 Å². The van der Waals surface area contributed by atoms with Gasteiger partial charge in [0.15, 0.2) is 5.65 Å². The van der Waals surface area contributed by atoms with Crippen LogP contribution in [0, 0.1) is 5.92 Å². The van der Waals surface area contributed by atoms with Gasteiger partial charge in [-0.25, -0.2) is 18.3 Å². The summed E-state index contributed by atoms with van der Waals surface area (Å²) in [5, 5.41) is 21.2. The van der Waals surface area contributed by atoms with Crippen LogP contribution in [0.1, 0.15) is 54.1 Å². The summed E-state index contributed by atoms with van der Waals surface area (Å²) < 4.78 is 30.9. The van der Waals surface area contributed by atoms with Crippen LogP contribution in [0.2, 0.25) is 0 Å². The van der Waals surface area contributed by atoms with Crippen molar-refractivity contribution in [2.75, 3.05) is 11.9 Å². The third-order valence-electron chi connectivity index (χ3n) is 6.15. The van der Waals surface area contributed by atoms with Crippen molar-refractivity contribution in [2.45, 2.75) is 38.2 Å². The number of benzene rings is 1. The molecule has 1 aliphatic rings. The summed E-state index contributed by atoms with van der Waals surface area (Å²) in [4.78, 5) is 17.0. The zero-order valence-corrected chi connectivity index (χ0v) is 17.2. The van der Waals surface area contributed by atoms with Gasteiger partial charge in [0.25, 0.3) is 12.3 Å². The van der Waals surface area contributed by atoms with Crippen LogP contribution in [0.25, 0.3) is 16.6 Å². The van der Waals surface area contributed by atoms with Crippen molar-refractivity contribution in [1.29, 1.82) is 0 Å². The van der Waals surface area contributed by atoms with Gasteiger partial charge >= 0.3 is 0 Å². The van der Waals surface area contributed by atoms with Crippen LogP contribution in [0.5, 0.6) is 0 Å². The number of amides is 1. The molecule has 10 heteroatoms. The van der Waals surface area contributed by atoms with Crippen molar-refractivity contribution in [3.63, 3.8) is 0 Å². The Morgan fingerprint density at radius 3 is 2.81 bits per heavy atom. The minimum atomic E-state index is -2.78. The molecule has 0 spiro atoms. The number of hydrogen-bond acceptors (Lipinski definition) is 5. The van der Waals surface area contributed by atoms with E-state index in [4.69, 9.17) is 0 Å². The molecule has 1 aromatic carbocycles. The maximum atomic E-state index is 13.8. The highest BCUT2D eigenvalue weighted by atomic mass is 19.3. The number of nitrogens with zero attached hydrogens (tertiary/aromatic N) is 5. The van der Waals surface area contributed by atoms with Crippen LogP contribution in [-0.2, 0) is 0 Å². The number of alkyl halides is 2. The number of anilines is 1. The molecular weight excluding hydrogens is 418 g/mol. The highest BCUT2D eigenvalue weighted by molar-refractivity contribution is 6.09. The lowest BCUT2D eigenvalue weighted by Crippen LogP contribution is -2.20. The zero-order chi connectivity index (χ0) is 22.2. The molecule has 1 fully saturated rings. The average molecular weight is 440 g/mol. The first-order valence-corrected chi connectivity index (χ1v) is 10.5. The molecule has 2 N–H and O–H groups in total. The maximum absolute atomic E-state index is 13.8. The third-order valence-corrected chi connectivity index (χ3v) is 6.15. The van der Waals surface area contributed by atoms with Gasteiger partial charge in [-0.2, -0.15) is 10.2 Å². The average Bonchev–Trinajstić information content (AvgIpc) is 3.42. The van der Waals surface area contributed by atoms with E-state index in [2.05, 4.69) is 20.5 Å². The van der Waals surface area contributed by atoms with Crippen LogP contribution in [0.15, 0.2) is 43.0 Å². The highest BCUT2D eigenvalue weighted by Gasteiger charge is 2.24. The van der Waals surface area contributed by atoms with Crippen molar-refractivity contribution in [1.82, 2.24) is 24.4 Å². The zero-order valence-electron chi connectivity index (χ0n) is 17.2. The number of nitrogens with one attached hydrogen (secondary N) is 1. The predicted octanol–water partition coefficient (Wildman–Crippen LogP) is 3.99. The number of aromatic nitrogens is 5. The summed E-state index contributed by atoms with van der Waals surface area (Å²) >= 11 is 0. The Kier molecular flexibility index (Phi) is 5.30. The third kappa shape index (κ3) is 3.70. The molecule has 8 nitrogen and oxygen atoms in total. The first kappa shape index (κ1) is 20.5. The second-order valence-corrected chi connectivity index (χ2v) is 8.17. The van der Waals surface area contributed by atoms with Gasteiger partial charge in [0.1, 0.15) is 5.56 Å². The molecule has 5 rings (SSSR count). The minimum absolute atomic E-state index is 0.0383. The largest absolute Gasteiger partial charge is 0.396 e. The molecule has 4 aromatic rings. The summed E-state index contributed by atoms with van der Waals surface area (Å²) in [6.45, 7) is 0.191. The lowest BCUT2D eigenvalue weighted by molar-refractivity contribution is 0.102. The van der Waals surface area contributed by atoms with Crippen LogP contribution >= 0.6 is 0 Å². The number of carbonyl (C=O) groups is 1. The van der Waals surface area contributed by atoms with Gasteiger partial charge in [0, 0.05) is 36.1 Å². The fourth-order valence-corrected chi connectivity index (χ4v) is 4.35. The molecule has 3 heterocycles. The van der Waals surface area contributed by atoms with Gasteiger partial charge in [-0.1, -0.05) is 0 Å². The van der Waals surface area contributed by atoms with E-state index in [0.29, 0.717) is 22.5 Å². The Morgan fingerprint density at radius 1 is 1.25 bits per heavy atom. The molecule has 0 aliphatic heterocycles. The molecule has 0 atom stereocenters. The number of hydrogen-bond donors (Lipinski definition) is 2. The Labute approximate surface area is 181 Å². The molecule has 0 unspecified atom stereocenters. The lowest BCUT2D eigenvalue weighted by Gasteiger charge is -2.27. The molecule has 1 saturated carbocycles. The summed E-state index contributed by atoms with van der Waals surface area (Å²) in [5.74, 6) is -0.243. The molecule has 0 bridgehead atoms. The van der Waals surface area contributed by atoms with E-state index in [1.807, 2.05) is 10.9 Å². The first-order valence-electron chi connectivity index (χ1n) is 10.5. The van der Waals surface area contributed by atoms with Crippen molar-refractivity contribution >= 4 is 28.1 Å². The molecule has 1 amide bonds. The molecule has 166 valence electrons. The molecule has 32 heavy (non-hydrogen) atoms. The van der Waals surface area contributed by atoms with Gasteiger partial charge in [-0.3, -0.25) is 9.48 Å². The Hall–Kier alpha value is -3.40. The van der Waals surface area contributed by atoms with E-state index in [1.54, 1.807) is 12.3 Å². The van der Waals surface area contributed by atoms with E-state index in [1.165, 1.54) is 29.0 Å². The highest BCUT2D eigenvalue weighted by Crippen LogP contribution is 2.35. The second kappa shape index (κ2) is 8.27. The van der Waals surface area contributed by atoms with E-state index < -0.39 is 12.3 Å². The molecule has 1 aliphatic carbocycles. The van der Waals surface area contributed by atoms with Crippen molar-refractivity contribution in [2.24, 2.45) is 5.92 Å². The summed E-state index contributed by atoms with van der Waals surface area (Å²) in [6, 6.07) is 4.72. The van der Waals surface area contributed by atoms with Crippen LogP contribution in [-0.4, -0.2) is 42.0 Å². The minimum Gasteiger partial charge on any atom is -0.396 e. The number of rotatable bonds is 5. The van der Waals surface area contributed by atoms with Crippen LogP contribution in [0.3, 0.4) is 0 Å². The smallest absolute Gasteiger partial charge is 0.265 e. The summed E-state index contributed by atoms with van der Waals surface area (Å²) in [5.41, 5.74) is 0.749. The molecule has 0 radical (unpaired) electrons. The Morgan fingerprint density at radius 2 is 2.06 bits per heavy atom. The molecular formula is C22H22F2N6O2. The van der Waals surface area contributed by atoms with E-state index >= 15 is 0 Å². The predicted molar refractivity (Wildman–Crippen MR) is 114 cm³/mol. The summed E-state index contributed by atoms with van der Waals surface area (Å²) in [6.07, 6.45) is 7.19. The van der Waals surface area contributed by atoms with E-state index in [-0.39, 0.29) is 29.5 Å². The second-order valence-electron chi connectivity index (χ2n) is 8.17. The fraction of sp³-hybridized carbons (Fsp3) is 0.364. The van der Waals surface area contributed by atoms with Gasteiger partial charge < -0.3 is 10.4 Å². The first-order chi connectivity index (χ1) is 15.5. The van der Waals surface area contributed by atoms with E-state index in [0.717, 1.165) is 25.7 Å². The number of aliphatic hydroxyl groups excluding tert-OH is 1. The Balaban J connectivity index is 1.45. The van der Waals surface area contributed by atoms with E-state index in [9.17, 15) is 18.7 Å². The SMILES string of the molecule is O=C(Nc1cc2cn(C3CCC(CO)CC3)nc2cc1C(F)F)c1cnn2cccnc12. The molecule has 3 aromatic heterocycles. The topological polar surface area (TPSA) is 97.3 Å². The monoisotopic (exact) mass is 440 g/mol. The quantitative estimate of drug-likeness (QED) is 0.489. The Bertz CT molecular complexity index is 1280. The van der Waals surface area contributed by atoms with Crippen LogP contribution < -0.4 is 5.32 Å². The number of fused-ring (bicyclic) bond motifs is 2. The van der Waals surface area contributed by atoms with Crippen molar-refractivity contribution < 1.29 is 18.7 Å². The van der Waals surface area contributed by atoms with Crippen molar-refractivity contribution in [3.8, 4) is 0 Å². The molecule has 0 saturated heterocycles. The maximum Gasteiger partial charge on any atom is 0.265 e. The van der Waals surface area contributed by atoms with Gasteiger partial charge in [-0.05, 0) is 49.8 Å². The van der Waals surface area contributed by atoms with Gasteiger partial charge in [0.2, 0.25) is 0 Å². The van der Waals surface area contributed by atoms with Gasteiger partial charge in [-0.15, -0.1) is 0 Å². The number of halogens is 2. The summed E-state index contributed by atoms with van der Waals surface area (Å²) in [7, 11) is 0. The normalized spacial score (nSPS) is 19.1. The number of carbonyl (C=O) groups excluding carboxylic acids is 1. The standard InChI is InChI=1S/C22H22F2N6O2/c23-20(24)16-9-18-14(11-30(28-18)15-4-2-13(12-31)3-5-15)8-19(16)27-22(32)17-10-26-29-7-1-6-25-21(17)29/h1,6-11,13,15,20,31H,2-5,12H2,(H,27,32). The lowest BCUT2D eigenvalue weighted by atomic mass is 9.87. The van der Waals surface area contributed by atoms with Gasteiger partial charge in [0.05, 0.1) is 23.4 Å². The number of aliphatic hydroxyl groups is 1.